The number of hydrogen-bond acceptors (Lipinski definition) is 2. The molecule has 15 heavy (non-hydrogen) atoms. The van der Waals surface area contributed by atoms with Crippen LogP contribution in [0.1, 0.15) is 30.5 Å². The molecule has 0 aliphatic carbocycles. The summed E-state index contributed by atoms with van der Waals surface area (Å²) in [5.74, 6) is 3.20. The molecule has 1 aliphatic heterocycles. The maximum atomic E-state index is 6.31. The summed E-state index contributed by atoms with van der Waals surface area (Å²) in [5.41, 5.74) is 9.03. The van der Waals surface area contributed by atoms with Gasteiger partial charge in [-0.2, -0.15) is 11.8 Å². The minimum atomic E-state index is 0.242. The molecule has 1 aromatic carbocycles. The van der Waals surface area contributed by atoms with Crippen molar-refractivity contribution in [1.82, 2.24) is 0 Å². The van der Waals surface area contributed by atoms with Crippen LogP contribution in [0.3, 0.4) is 0 Å². The van der Waals surface area contributed by atoms with Crippen LogP contribution in [0, 0.1) is 5.92 Å². The summed E-state index contributed by atoms with van der Waals surface area (Å²) in [6, 6.07) is 9.00. The third-order valence-corrected chi connectivity index (χ3v) is 4.41. The van der Waals surface area contributed by atoms with Crippen molar-refractivity contribution >= 4 is 11.8 Å². The Hall–Kier alpha value is -0.470. The molecule has 2 unspecified atom stereocenters. The third kappa shape index (κ3) is 2.56. The Morgan fingerprint density at radius 1 is 1.53 bits per heavy atom. The molecule has 2 N–H and O–H groups in total. The average molecular weight is 221 g/mol. The summed E-state index contributed by atoms with van der Waals surface area (Å²) in [7, 11) is 0. The van der Waals surface area contributed by atoms with E-state index in [1.807, 2.05) is 11.8 Å². The van der Waals surface area contributed by atoms with Crippen LogP contribution in [0.25, 0.3) is 0 Å². The Balaban J connectivity index is 2.13. The first-order valence-electron chi connectivity index (χ1n) is 5.73. The van der Waals surface area contributed by atoms with Crippen molar-refractivity contribution in [3.63, 3.8) is 0 Å². The number of benzene rings is 1. The van der Waals surface area contributed by atoms with Crippen LogP contribution < -0.4 is 5.73 Å². The van der Waals surface area contributed by atoms with E-state index in [2.05, 4.69) is 31.2 Å². The lowest BCUT2D eigenvalue weighted by Gasteiger charge is -2.19. The van der Waals surface area contributed by atoms with E-state index in [-0.39, 0.29) is 6.04 Å². The second kappa shape index (κ2) is 5.04. The van der Waals surface area contributed by atoms with E-state index in [0.29, 0.717) is 5.92 Å². The van der Waals surface area contributed by atoms with E-state index in [9.17, 15) is 0 Å². The molecule has 1 aromatic rings. The molecule has 2 heteroatoms. The molecule has 0 amide bonds. The van der Waals surface area contributed by atoms with E-state index in [1.165, 1.54) is 29.1 Å². The third-order valence-electron chi connectivity index (χ3n) is 3.22. The second-order valence-corrected chi connectivity index (χ2v) is 5.40. The van der Waals surface area contributed by atoms with Gasteiger partial charge in [0.2, 0.25) is 0 Å². The summed E-state index contributed by atoms with van der Waals surface area (Å²) in [4.78, 5) is 0. The van der Waals surface area contributed by atoms with Gasteiger partial charge in [0.15, 0.2) is 0 Å². The molecule has 1 heterocycles. The van der Waals surface area contributed by atoms with Crippen LogP contribution in [0.4, 0.5) is 0 Å². The molecule has 2 atom stereocenters. The molecule has 0 radical (unpaired) electrons. The lowest BCUT2D eigenvalue weighted by Crippen LogP contribution is -2.21. The van der Waals surface area contributed by atoms with Crippen LogP contribution in [0.2, 0.25) is 0 Å². The SMILES string of the molecule is CCc1cccc(C(N)C2CCSC2)c1. The Bertz CT molecular complexity index is 318. The second-order valence-electron chi connectivity index (χ2n) is 4.25. The molecule has 0 saturated carbocycles. The van der Waals surface area contributed by atoms with Gasteiger partial charge in [-0.25, -0.2) is 0 Å². The van der Waals surface area contributed by atoms with Gasteiger partial charge in [0.05, 0.1) is 0 Å². The van der Waals surface area contributed by atoms with Crippen LogP contribution in [0.5, 0.6) is 0 Å². The summed E-state index contributed by atoms with van der Waals surface area (Å²) < 4.78 is 0. The first kappa shape index (κ1) is 11.0. The van der Waals surface area contributed by atoms with Gasteiger partial charge < -0.3 is 5.73 Å². The number of aryl methyl sites for hydroxylation is 1. The van der Waals surface area contributed by atoms with Crippen molar-refractivity contribution in [2.24, 2.45) is 11.7 Å². The lowest BCUT2D eigenvalue weighted by molar-refractivity contribution is 0.482. The summed E-state index contributed by atoms with van der Waals surface area (Å²) >= 11 is 2.04. The van der Waals surface area contributed by atoms with Gasteiger partial charge in [0, 0.05) is 6.04 Å². The number of hydrogen-bond donors (Lipinski definition) is 1. The zero-order valence-corrected chi connectivity index (χ0v) is 10.1. The Kier molecular flexibility index (Phi) is 3.71. The van der Waals surface area contributed by atoms with Gasteiger partial charge in [-0.1, -0.05) is 31.2 Å². The molecule has 1 nitrogen and oxygen atoms in total. The fourth-order valence-corrected chi connectivity index (χ4v) is 3.44. The van der Waals surface area contributed by atoms with E-state index in [0.717, 1.165) is 6.42 Å². The van der Waals surface area contributed by atoms with E-state index in [1.54, 1.807) is 0 Å². The fraction of sp³-hybridized carbons (Fsp3) is 0.538. The predicted molar refractivity (Wildman–Crippen MR) is 68.2 cm³/mol. The molecular formula is C13H19NS. The minimum Gasteiger partial charge on any atom is -0.324 e. The van der Waals surface area contributed by atoms with Gasteiger partial charge in [-0.15, -0.1) is 0 Å². The van der Waals surface area contributed by atoms with Crippen LogP contribution in [-0.4, -0.2) is 11.5 Å². The molecule has 1 fully saturated rings. The summed E-state index contributed by atoms with van der Waals surface area (Å²) in [5, 5.41) is 0. The van der Waals surface area contributed by atoms with Gasteiger partial charge in [-0.05, 0) is 41.4 Å². The molecule has 82 valence electrons. The molecule has 2 rings (SSSR count). The highest BCUT2D eigenvalue weighted by atomic mass is 32.2. The monoisotopic (exact) mass is 221 g/mol. The zero-order chi connectivity index (χ0) is 10.7. The molecule has 0 aromatic heterocycles. The predicted octanol–water partition coefficient (Wildman–Crippen LogP) is 3.00. The smallest absolute Gasteiger partial charge is 0.0331 e. The normalized spacial score (nSPS) is 22.9. The van der Waals surface area contributed by atoms with Crippen molar-refractivity contribution < 1.29 is 0 Å². The maximum absolute atomic E-state index is 6.31. The van der Waals surface area contributed by atoms with E-state index < -0.39 is 0 Å². The Morgan fingerprint density at radius 3 is 3.07 bits per heavy atom. The van der Waals surface area contributed by atoms with Crippen molar-refractivity contribution in [2.75, 3.05) is 11.5 Å². The van der Waals surface area contributed by atoms with E-state index >= 15 is 0 Å². The number of thioether (sulfide) groups is 1. The van der Waals surface area contributed by atoms with Crippen molar-refractivity contribution in [3.05, 3.63) is 35.4 Å². The van der Waals surface area contributed by atoms with Gasteiger partial charge >= 0.3 is 0 Å². The minimum absolute atomic E-state index is 0.242. The topological polar surface area (TPSA) is 26.0 Å². The first-order chi connectivity index (χ1) is 7.31. The largest absolute Gasteiger partial charge is 0.324 e. The van der Waals surface area contributed by atoms with Gasteiger partial charge in [-0.3, -0.25) is 0 Å². The van der Waals surface area contributed by atoms with E-state index in [4.69, 9.17) is 5.73 Å². The molecule has 1 saturated heterocycles. The quantitative estimate of drug-likeness (QED) is 0.849. The van der Waals surface area contributed by atoms with Crippen LogP contribution in [0.15, 0.2) is 24.3 Å². The fourth-order valence-electron chi connectivity index (χ4n) is 2.13. The summed E-state index contributed by atoms with van der Waals surface area (Å²) in [6.07, 6.45) is 2.38. The summed E-state index contributed by atoms with van der Waals surface area (Å²) in [6.45, 7) is 2.19. The Labute approximate surface area is 96.4 Å². The maximum Gasteiger partial charge on any atom is 0.0331 e. The van der Waals surface area contributed by atoms with Gasteiger partial charge in [0.1, 0.15) is 0 Å². The Morgan fingerprint density at radius 2 is 2.40 bits per heavy atom. The number of nitrogens with two attached hydrogens (primary N) is 1. The average Bonchev–Trinajstić information content (AvgIpc) is 2.81. The molecule has 0 bridgehead atoms. The standard InChI is InChI=1S/C13H19NS/c1-2-10-4-3-5-11(8-10)13(14)12-6-7-15-9-12/h3-5,8,12-13H,2,6-7,9,14H2,1H3. The van der Waals surface area contributed by atoms with Crippen molar-refractivity contribution in [2.45, 2.75) is 25.8 Å². The zero-order valence-electron chi connectivity index (χ0n) is 9.28. The van der Waals surface area contributed by atoms with Crippen molar-refractivity contribution in [3.8, 4) is 0 Å². The highest BCUT2D eigenvalue weighted by molar-refractivity contribution is 7.99. The van der Waals surface area contributed by atoms with Gasteiger partial charge in [0.25, 0.3) is 0 Å². The van der Waals surface area contributed by atoms with Crippen molar-refractivity contribution in [1.29, 1.82) is 0 Å². The molecule has 0 spiro atoms. The van der Waals surface area contributed by atoms with Crippen LogP contribution >= 0.6 is 11.8 Å². The molecular weight excluding hydrogens is 202 g/mol. The molecule has 1 aliphatic rings. The number of rotatable bonds is 3. The lowest BCUT2D eigenvalue weighted by atomic mass is 9.92. The highest BCUT2D eigenvalue weighted by Gasteiger charge is 2.23. The van der Waals surface area contributed by atoms with Crippen LogP contribution in [-0.2, 0) is 6.42 Å². The highest BCUT2D eigenvalue weighted by Crippen LogP contribution is 2.32. The first-order valence-corrected chi connectivity index (χ1v) is 6.89.